The average Bonchev–Trinajstić information content (AvgIpc) is 2.63. The van der Waals surface area contributed by atoms with Crippen LogP contribution in [-0.2, 0) is 10.0 Å². The topological polar surface area (TPSA) is 66.5 Å². The first-order valence-corrected chi connectivity index (χ1v) is 10.7. The molecular weight excluding hydrogens is 416 g/mol. The zero-order chi connectivity index (χ0) is 19.3. The van der Waals surface area contributed by atoms with E-state index in [-0.39, 0.29) is 16.8 Å². The molecule has 0 saturated heterocycles. The molecule has 2 rings (SSSR count). The summed E-state index contributed by atoms with van der Waals surface area (Å²) in [5.74, 6) is -0.308. The largest absolute Gasteiger partial charge is 0.346 e. The van der Waals surface area contributed by atoms with Crippen molar-refractivity contribution in [1.82, 2.24) is 9.62 Å². The zero-order valence-electron chi connectivity index (χ0n) is 15.1. The number of nitrogens with one attached hydrogen (secondary N) is 1. The maximum absolute atomic E-state index is 12.6. The molecule has 0 radical (unpaired) electrons. The second kappa shape index (κ2) is 8.79. The van der Waals surface area contributed by atoms with Crippen molar-refractivity contribution in [3.8, 4) is 0 Å². The standard InChI is InChI=1S/C19H23BrN2O3S/c1-4-22(5-2)26(24,25)18-8-6-7-16(13-18)19(23)21-14(3)15-9-11-17(20)12-10-15/h6-14H,4-5H2,1-3H3,(H,21,23)/t14-/m0/s1. The predicted octanol–water partition coefficient (Wildman–Crippen LogP) is 3.97. The van der Waals surface area contributed by atoms with Gasteiger partial charge in [-0.15, -0.1) is 0 Å². The van der Waals surface area contributed by atoms with Crippen LogP contribution in [-0.4, -0.2) is 31.7 Å². The molecule has 2 aromatic carbocycles. The summed E-state index contributed by atoms with van der Waals surface area (Å²) in [6.45, 7) is 6.23. The molecule has 140 valence electrons. The van der Waals surface area contributed by atoms with Gasteiger partial charge in [0.15, 0.2) is 0 Å². The highest BCUT2D eigenvalue weighted by Crippen LogP contribution is 2.19. The molecule has 1 atom stereocenters. The molecule has 1 amide bonds. The molecule has 0 aliphatic carbocycles. The summed E-state index contributed by atoms with van der Waals surface area (Å²) in [6, 6.07) is 13.6. The van der Waals surface area contributed by atoms with Gasteiger partial charge in [0.1, 0.15) is 0 Å². The van der Waals surface area contributed by atoms with E-state index in [1.807, 2.05) is 31.2 Å². The quantitative estimate of drug-likeness (QED) is 0.710. The summed E-state index contributed by atoms with van der Waals surface area (Å²) < 4.78 is 27.6. The number of carbonyl (C=O) groups is 1. The molecule has 0 saturated carbocycles. The molecule has 0 bridgehead atoms. The van der Waals surface area contributed by atoms with Crippen LogP contribution in [0.3, 0.4) is 0 Å². The van der Waals surface area contributed by atoms with E-state index in [4.69, 9.17) is 0 Å². The molecule has 0 spiro atoms. The maximum atomic E-state index is 12.6. The summed E-state index contributed by atoms with van der Waals surface area (Å²) in [6.07, 6.45) is 0. The average molecular weight is 439 g/mol. The predicted molar refractivity (Wildman–Crippen MR) is 107 cm³/mol. The van der Waals surface area contributed by atoms with Gasteiger partial charge in [0.2, 0.25) is 10.0 Å². The van der Waals surface area contributed by atoms with Gasteiger partial charge in [-0.3, -0.25) is 4.79 Å². The Kier molecular flexibility index (Phi) is 6.97. The highest BCUT2D eigenvalue weighted by atomic mass is 79.9. The van der Waals surface area contributed by atoms with Gasteiger partial charge < -0.3 is 5.32 Å². The van der Waals surface area contributed by atoms with Crippen LogP contribution >= 0.6 is 15.9 Å². The molecule has 0 fully saturated rings. The number of hydrogen-bond donors (Lipinski definition) is 1. The van der Waals surface area contributed by atoms with Gasteiger partial charge in [-0.2, -0.15) is 4.31 Å². The molecule has 0 heterocycles. The normalized spacial score (nSPS) is 12.8. The number of sulfonamides is 1. The molecule has 0 unspecified atom stereocenters. The third-order valence-electron chi connectivity index (χ3n) is 4.16. The highest BCUT2D eigenvalue weighted by Gasteiger charge is 2.22. The Morgan fingerprint density at radius 1 is 1.12 bits per heavy atom. The van der Waals surface area contributed by atoms with E-state index < -0.39 is 10.0 Å². The first-order valence-electron chi connectivity index (χ1n) is 8.46. The Hall–Kier alpha value is -1.70. The van der Waals surface area contributed by atoms with Crippen molar-refractivity contribution in [1.29, 1.82) is 0 Å². The number of amides is 1. The Morgan fingerprint density at radius 3 is 2.31 bits per heavy atom. The molecule has 0 aliphatic rings. The van der Waals surface area contributed by atoms with Gasteiger partial charge in [0, 0.05) is 23.1 Å². The summed E-state index contributed by atoms with van der Waals surface area (Å²) in [7, 11) is -3.59. The van der Waals surface area contributed by atoms with Crippen LogP contribution in [0, 0.1) is 0 Å². The second-order valence-corrected chi connectivity index (χ2v) is 8.72. The molecule has 0 aliphatic heterocycles. The lowest BCUT2D eigenvalue weighted by Crippen LogP contribution is -2.31. The molecule has 5 nitrogen and oxygen atoms in total. The van der Waals surface area contributed by atoms with Gasteiger partial charge in [0.05, 0.1) is 10.9 Å². The molecule has 1 N–H and O–H groups in total. The molecule has 7 heteroatoms. The van der Waals surface area contributed by atoms with Crippen LogP contribution in [0.4, 0.5) is 0 Å². The number of hydrogen-bond acceptors (Lipinski definition) is 3. The summed E-state index contributed by atoms with van der Waals surface area (Å²) in [5, 5.41) is 2.91. The minimum absolute atomic E-state index is 0.130. The number of benzene rings is 2. The van der Waals surface area contributed by atoms with Crippen molar-refractivity contribution in [2.24, 2.45) is 0 Å². The van der Waals surface area contributed by atoms with Gasteiger partial charge in [-0.05, 0) is 42.8 Å². The van der Waals surface area contributed by atoms with Gasteiger partial charge in [-0.25, -0.2) is 8.42 Å². The molecular formula is C19H23BrN2O3S. The van der Waals surface area contributed by atoms with E-state index in [9.17, 15) is 13.2 Å². The Morgan fingerprint density at radius 2 is 1.73 bits per heavy atom. The van der Waals surface area contributed by atoms with Gasteiger partial charge in [-0.1, -0.05) is 48.0 Å². The lowest BCUT2D eigenvalue weighted by molar-refractivity contribution is 0.0939. The second-order valence-electron chi connectivity index (χ2n) is 5.86. The van der Waals surface area contributed by atoms with Crippen molar-refractivity contribution in [2.45, 2.75) is 31.7 Å². The first kappa shape index (κ1) is 20.6. The highest BCUT2D eigenvalue weighted by molar-refractivity contribution is 9.10. The fourth-order valence-corrected chi connectivity index (χ4v) is 4.39. The summed E-state index contributed by atoms with van der Waals surface area (Å²) in [5.41, 5.74) is 1.29. The molecule has 0 aromatic heterocycles. The number of carbonyl (C=O) groups excluding carboxylic acids is 1. The van der Waals surface area contributed by atoms with Crippen molar-refractivity contribution >= 4 is 31.9 Å². The van der Waals surface area contributed by atoms with E-state index in [1.54, 1.807) is 26.0 Å². The first-order chi connectivity index (χ1) is 12.3. The van der Waals surface area contributed by atoms with Crippen molar-refractivity contribution in [3.05, 3.63) is 64.1 Å². The SMILES string of the molecule is CCN(CC)S(=O)(=O)c1cccc(C(=O)N[C@@H](C)c2ccc(Br)cc2)c1. The van der Waals surface area contributed by atoms with Crippen molar-refractivity contribution in [3.63, 3.8) is 0 Å². The van der Waals surface area contributed by atoms with E-state index >= 15 is 0 Å². The third kappa shape index (κ3) is 4.72. The van der Waals surface area contributed by atoms with Crippen LogP contribution in [0.15, 0.2) is 57.9 Å². The zero-order valence-corrected chi connectivity index (χ0v) is 17.5. The van der Waals surface area contributed by atoms with Crippen LogP contribution < -0.4 is 5.32 Å². The van der Waals surface area contributed by atoms with Crippen LogP contribution in [0.2, 0.25) is 0 Å². The van der Waals surface area contributed by atoms with Crippen LogP contribution in [0.25, 0.3) is 0 Å². The summed E-state index contributed by atoms with van der Waals surface area (Å²) in [4.78, 5) is 12.7. The lowest BCUT2D eigenvalue weighted by Gasteiger charge is -2.19. The minimum atomic E-state index is -3.59. The van der Waals surface area contributed by atoms with Crippen molar-refractivity contribution < 1.29 is 13.2 Å². The molecule has 2 aromatic rings. The van der Waals surface area contributed by atoms with E-state index in [0.29, 0.717) is 18.7 Å². The number of nitrogens with zero attached hydrogens (tertiary/aromatic N) is 1. The fourth-order valence-electron chi connectivity index (χ4n) is 2.63. The van der Waals surface area contributed by atoms with Crippen molar-refractivity contribution in [2.75, 3.05) is 13.1 Å². The summed E-state index contributed by atoms with van der Waals surface area (Å²) >= 11 is 3.38. The van der Waals surface area contributed by atoms with E-state index in [0.717, 1.165) is 10.0 Å². The van der Waals surface area contributed by atoms with Crippen LogP contribution in [0.1, 0.15) is 42.7 Å². The minimum Gasteiger partial charge on any atom is -0.346 e. The lowest BCUT2D eigenvalue weighted by atomic mass is 10.1. The Balaban J connectivity index is 2.21. The third-order valence-corrected chi connectivity index (χ3v) is 6.73. The van der Waals surface area contributed by atoms with E-state index in [2.05, 4.69) is 21.2 Å². The molecule has 26 heavy (non-hydrogen) atoms. The van der Waals surface area contributed by atoms with Gasteiger partial charge in [0.25, 0.3) is 5.91 Å². The van der Waals surface area contributed by atoms with Gasteiger partial charge >= 0.3 is 0 Å². The smallest absolute Gasteiger partial charge is 0.251 e. The number of halogens is 1. The monoisotopic (exact) mass is 438 g/mol. The van der Waals surface area contributed by atoms with E-state index in [1.165, 1.54) is 16.4 Å². The Labute approximate surface area is 163 Å². The Bertz CT molecular complexity index is 863. The van der Waals surface area contributed by atoms with Crippen LogP contribution in [0.5, 0.6) is 0 Å². The fraction of sp³-hybridized carbons (Fsp3) is 0.316. The maximum Gasteiger partial charge on any atom is 0.251 e. The number of rotatable bonds is 7.